The molecule has 5 heteroatoms. The second kappa shape index (κ2) is 7.82. The van der Waals surface area contributed by atoms with Gasteiger partial charge in [0.2, 0.25) is 5.88 Å². The molecule has 4 nitrogen and oxygen atoms in total. The average Bonchev–Trinajstić information content (AvgIpc) is 2.47. The summed E-state index contributed by atoms with van der Waals surface area (Å²) in [5.74, 6) is 0.538. The number of ether oxygens (including phenoxy) is 1. The molecule has 0 radical (unpaired) electrons. The first-order valence-corrected chi connectivity index (χ1v) is 7.04. The molecule has 0 spiro atoms. The summed E-state index contributed by atoms with van der Waals surface area (Å²) in [6.07, 6.45) is 4.47. The van der Waals surface area contributed by atoms with Gasteiger partial charge in [0.15, 0.2) is 0 Å². The Morgan fingerprint density at radius 2 is 2.00 bits per heavy atom. The molecule has 0 aliphatic carbocycles. The van der Waals surface area contributed by atoms with Crippen LogP contribution in [-0.2, 0) is 13.2 Å². The van der Waals surface area contributed by atoms with Crippen LogP contribution in [0.5, 0.6) is 5.88 Å². The van der Waals surface area contributed by atoms with Crippen molar-refractivity contribution >= 4 is 11.6 Å². The van der Waals surface area contributed by atoms with E-state index in [4.69, 9.17) is 16.3 Å². The summed E-state index contributed by atoms with van der Waals surface area (Å²) in [7, 11) is 0. The number of benzene rings is 1. The molecule has 0 saturated carbocycles. The third kappa shape index (κ3) is 4.79. The van der Waals surface area contributed by atoms with Gasteiger partial charge in [-0.1, -0.05) is 30.7 Å². The predicted octanol–water partition coefficient (Wildman–Crippen LogP) is 3.21. The molecule has 1 aromatic carbocycles. The lowest BCUT2D eigenvalue weighted by molar-refractivity contribution is 0.291. The Morgan fingerprint density at radius 3 is 2.75 bits per heavy atom. The minimum absolute atomic E-state index is 0.456. The van der Waals surface area contributed by atoms with Gasteiger partial charge >= 0.3 is 0 Å². The van der Waals surface area contributed by atoms with Crippen LogP contribution in [0, 0.1) is 0 Å². The fraction of sp³-hybridized carbons (Fsp3) is 0.333. The molecule has 2 rings (SSSR count). The van der Waals surface area contributed by atoms with Gasteiger partial charge in [-0.3, -0.25) is 4.98 Å². The van der Waals surface area contributed by atoms with E-state index >= 15 is 0 Å². The highest BCUT2D eigenvalue weighted by molar-refractivity contribution is 6.30. The summed E-state index contributed by atoms with van der Waals surface area (Å²) in [5, 5.41) is 4.01. The quantitative estimate of drug-likeness (QED) is 0.796. The smallest absolute Gasteiger partial charge is 0.232 e. The first-order valence-electron chi connectivity index (χ1n) is 6.67. The first-order chi connectivity index (χ1) is 9.78. The van der Waals surface area contributed by atoms with Crippen LogP contribution in [0.15, 0.2) is 36.7 Å². The number of halogens is 1. The van der Waals surface area contributed by atoms with E-state index in [-0.39, 0.29) is 0 Å². The van der Waals surface area contributed by atoms with Gasteiger partial charge in [-0.25, -0.2) is 4.98 Å². The van der Waals surface area contributed by atoms with E-state index in [9.17, 15) is 0 Å². The maximum absolute atomic E-state index is 5.84. The van der Waals surface area contributed by atoms with E-state index in [1.54, 1.807) is 12.4 Å². The normalized spacial score (nSPS) is 10.5. The van der Waals surface area contributed by atoms with E-state index in [1.165, 1.54) is 0 Å². The van der Waals surface area contributed by atoms with Gasteiger partial charge < -0.3 is 10.1 Å². The zero-order chi connectivity index (χ0) is 14.2. The molecule has 0 saturated heterocycles. The maximum Gasteiger partial charge on any atom is 0.232 e. The van der Waals surface area contributed by atoms with Gasteiger partial charge in [-0.05, 0) is 30.7 Å². The van der Waals surface area contributed by atoms with Crippen LogP contribution in [0.3, 0.4) is 0 Å². The van der Waals surface area contributed by atoms with Crippen LogP contribution >= 0.6 is 11.6 Å². The fourth-order valence-electron chi connectivity index (χ4n) is 1.67. The lowest BCUT2D eigenvalue weighted by Gasteiger charge is -2.07. The number of hydrogen-bond donors (Lipinski definition) is 1. The van der Waals surface area contributed by atoms with Gasteiger partial charge in [0, 0.05) is 17.8 Å². The summed E-state index contributed by atoms with van der Waals surface area (Å²) in [4.78, 5) is 8.55. The van der Waals surface area contributed by atoms with Gasteiger partial charge in [-0.2, -0.15) is 0 Å². The zero-order valence-electron chi connectivity index (χ0n) is 11.5. The molecule has 0 atom stereocenters. The van der Waals surface area contributed by atoms with E-state index in [0.29, 0.717) is 19.0 Å². The largest absolute Gasteiger partial charge is 0.472 e. The summed E-state index contributed by atoms with van der Waals surface area (Å²) in [5.41, 5.74) is 1.93. The molecule has 0 aliphatic heterocycles. The second-order valence-corrected chi connectivity index (χ2v) is 4.88. The molecule has 2 aromatic rings. The molecular weight excluding hydrogens is 274 g/mol. The van der Waals surface area contributed by atoms with Crippen molar-refractivity contribution < 1.29 is 4.74 Å². The Hall–Kier alpha value is -1.65. The van der Waals surface area contributed by atoms with Crippen LogP contribution in [0.1, 0.15) is 24.6 Å². The Bertz CT molecular complexity index is 531. The molecule has 0 unspecified atom stereocenters. The highest BCUT2D eigenvalue weighted by Gasteiger charge is 2.01. The highest BCUT2D eigenvalue weighted by atomic mass is 35.5. The Balaban J connectivity index is 1.89. The highest BCUT2D eigenvalue weighted by Crippen LogP contribution is 2.12. The van der Waals surface area contributed by atoms with Gasteiger partial charge in [-0.15, -0.1) is 0 Å². The third-order valence-corrected chi connectivity index (χ3v) is 2.95. The van der Waals surface area contributed by atoms with E-state index in [2.05, 4.69) is 22.2 Å². The molecule has 1 aromatic heterocycles. The van der Waals surface area contributed by atoms with E-state index in [1.807, 2.05) is 24.3 Å². The molecule has 0 aliphatic rings. The van der Waals surface area contributed by atoms with Crippen LogP contribution in [0.4, 0.5) is 0 Å². The Kier molecular flexibility index (Phi) is 5.77. The van der Waals surface area contributed by atoms with Crippen molar-refractivity contribution in [2.45, 2.75) is 26.5 Å². The standard InChI is InChI=1S/C15H18ClN3O/c1-2-7-17-8-14-9-18-10-15(19-14)20-11-12-3-5-13(16)6-4-12/h3-6,9-10,17H,2,7-8,11H2,1H3. The topological polar surface area (TPSA) is 47.0 Å². The first kappa shape index (κ1) is 14.8. The molecular formula is C15H18ClN3O. The van der Waals surface area contributed by atoms with Crippen LogP contribution < -0.4 is 10.1 Å². The molecule has 1 heterocycles. The van der Waals surface area contributed by atoms with Crippen molar-refractivity contribution in [2.24, 2.45) is 0 Å². The Labute approximate surface area is 124 Å². The number of nitrogens with one attached hydrogen (secondary N) is 1. The molecule has 0 fully saturated rings. The van der Waals surface area contributed by atoms with Crippen molar-refractivity contribution in [3.63, 3.8) is 0 Å². The minimum atomic E-state index is 0.456. The second-order valence-electron chi connectivity index (χ2n) is 4.44. The lowest BCUT2D eigenvalue weighted by Crippen LogP contribution is -2.15. The maximum atomic E-state index is 5.84. The van der Waals surface area contributed by atoms with Gasteiger partial charge in [0.1, 0.15) is 6.61 Å². The number of aromatic nitrogens is 2. The van der Waals surface area contributed by atoms with Crippen molar-refractivity contribution in [2.75, 3.05) is 6.54 Å². The third-order valence-electron chi connectivity index (χ3n) is 2.70. The van der Waals surface area contributed by atoms with Crippen molar-refractivity contribution in [3.05, 3.63) is 52.9 Å². The predicted molar refractivity (Wildman–Crippen MR) is 79.8 cm³/mol. The lowest BCUT2D eigenvalue weighted by atomic mass is 10.2. The average molecular weight is 292 g/mol. The molecule has 106 valence electrons. The Morgan fingerprint density at radius 1 is 1.20 bits per heavy atom. The van der Waals surface area contributed by atoms with Crippen molar-refractivity contribution in [1.82, 2.24) is 15.3 Å². The van der Waals surface area contributed by atoms with Gasteiger partial charge in [0.25, 0.3) is 0 Å². The van der Waals surface area contributed by atoms with Crippen molar-refractivity contribution in [1.29, 1.82) is 0 Å². The monoisotopic (exact) mass is 291 g/mol. The summed E-state index contributed by atoms with van der Waals surface area (Å²) in [6, 6.07) is 7.55. The van der Waals surface area contributed by atoms with Crippen LogP contribution in [0.25, 0.3) is 0 Å². The number of hydrogen-bond acceptors (Lipinski definition) is 4. The van der Waals surface area contributed by atoms with Crippen molar-refractivity contribution in [3.8, 4) is 5.88 Å². The van der Waals surface area contributed by atoms with E-state index in [0.717, 1.165) is 29.2 Å². The molecule has 0 bridgehead atoms. The summed E-state index contributed by atoms with van der Waals surface area (Å²) in [6.45, 7) is 4.26. The number of nitrogens with zero attached hydrogens (tertiary/aromatic N) is 2. The SMILES string of the molecule is CCCNCc1cncc(OCc2ccc(Cl)cc2)n1. The summed E-state index contributed by atoms with van der Waals surface area (Å²) < 4.78 is 5.63. The molecule has 20 heavy (non-hydrogen) atoms. The van der Waals surface area contributed by atoms with Gasteiger partial charge in [0.05, 0.1) is 11.9 Å². The van der Waals surface area contributed by atoms with Crippen LogP contribution in [-0.4, -0.2) is 16.5 Å². The number of rotatable bonds is 7. The summed E-state index contributed by atoms with van der Waals surface area (Å²) >= 11 is 5.84. The minimum Gasteiger partial charge on any atom is -0.472 e. The van der Waals surface area contributed by atoms with Crippen LogP contribution in [0.2, 0.25) is 5.02 Å². The molecule has 1 N–H and O–H groups in total. The fourth-order valence-corrected chi connectivity index (χ4v) is 1.80. The zero-order valence-corrected chi connectivity index (χ0v) is 12.2. The molecule has 0 amide bonds. The van der Waals surface area contributed by atoms with E-state index < -0.39 is 0 Å².